The largest absolute Gasteiger partial charge is 0.519 e. The van der Waals surface area contributed by atoms with Gasteiger partial charge in [-0.3, -0.25) is 4.79 Å². The Kier molecular flexibility index (Phi) is 8.66. The summed E-state index contributed by atoms with van der Waals surface area (Å²) in [7, 11) is 1.31. The quantitative estimate of drug-likeness (QED) is 0.198. The Balaban J connectivity index is 1.35. The predicted octanol–water partition coefficient (Wildman–Crippen LogP) is 3.56. The molecule has 3 heterocycles. The van der Waals surface area contributed by atoms with Gasteiger partial charge in [0.15, 0.2) is 35.7 Å². The lowest BCUT2D eigenvalue weighted by Crippen LogP contribution is -2.53. The minimum absolute atomic E-state index is 0.0202. The number of nitrogens with two attached hydrogens (primary N) is 1. The van der Waals surface area contributed by atoms with E-state index in [1.165, 1.54) is 26.8 Å². The monoisotopic (exact) mass is 617 g/mol. The number of anilines is 1. The molecule has 0 aliphatic heterocycles. The van der Waals surface area contributed by atoms with Crippen LogP contribution in [0.25, 0.3) is 11.2 Å². The lowest BCUT2D eigenvalue weighted by molar-refractivity contribution is -0.181. The lowest BCUT2D eigenvalue weighted by atomic mass is 9.56. The molecule has 2 aliphatic carbocycles. The zero-order valence-electron chi connectivity index (χ0n) is 23.8. The first-order chi connectivity index (χ1) is 20.6. The fourth-order valence-corrected chi connectivity index (χ4v) is 6.12. The van der Waals surface area contributed by atoms with E-state index in [9.17, 15) is 14.4 Å². The number of terminal acetylenes is 1. The second kappa shape index (κ2) is 12.3. The van der Waals surface area contributed by atoms with Crippen LogP contribution in [0, 0.1) is 30.6 Å². The van der Waals surface area contributed by atoms with Crippen molar-refractivity contribution in [3.8, 4) is 12.3 Å². The van der Waals surface area contributed by atoms with Crippen LogP contribution in [0.4, 0.5) is 10.6 Å². The van der Waals surface area contributed by atoms with Crippen LogP contribution >= 0.6 is 11.6 Å². The molecule has 2 saturated carbocycles. The van der Waals surface area contributed by atoms with Gasteiger partial charge in [-0.1, -0.05) is 25.2 Å². The average molecular weight is 618 g/mol. The zero-order chi connectivity index (χ0) is 30.8. The van der Waals surface area contributed by atoms with Gasteiger partial charge in [0.05, 0.1) is 18.8 Å². The van der Waals surface area contributed by atoms with E-state index in [-0.39, 0.29) is 51.7 Å². The Morgan fingerprint density at radius 3 is 2.65 bits per heavy atom. The van der Waals surface area contributed by atoms with Gasteiger partial charge in [-0.15, -0.1) is 6.42 Å². The van der Waals surface area contributed by atoms with Crippen molar-refractivity contribution in [2.24, 2.45) is 11.3 Å². The minimum Gasteiger partial charge on any atom is -0.456 e. The van der Waals surface area contributed by atoms with Crippen molar-refractivity contribution in [3.05, 3.63) is 33.7 Å². The van der Waals surface area contributed by atoms with Crippen LogP contribution in [-0.2, 0) is 36.9 Å². The van der Waals surface area contributed by atoms with E-state index in [1.807, 2.05) is 0 Å². The molecular formula is C28H32ClN5O9. The Morgan fingerprint density at radius 1 is 1.26 bits per heavy atom. The number of methoxy groups -OCH3 is 1. The maximum Gasteiger partial charge on any atom is 0.519 e. The van der Waals surface area contributed by atoms with Gasteiger partial charge in [0, 0.05) is 7.11 Å². The summed E-state index contributed by atoms with van der Waals surface area (Å²) in [4.78, 5) is 49.6. The van der Waals surface area contributed by atoms with Crippen LogP contribution in [0.2, 0.25) is 5.28 Å². The van der Waals surface area contributed by atoms with E-state index in [1.54, 1.807) is 4.57 Å². The number of hydrogen-bond donors (Lipinski definition) is 1. The summed E-state index contributed by atoms with van der Waals surface area (Å²) < 4.78 is 33.2. The molecule has 14 nitrogen and oxygen atoms in total. The van der Waals surface area contributed by atoms with Crippen molar-refractivity contribution < 1.29 is 37.4 Å². The molecule has 0 amide bonds. The third-order valence-electron chi connectivity index (χ3n) is 8.38. The standard InChI is InChI=1S/C28H32ClN5O9/c1-4-28(38-3,14-40-25(36)39-13-18-16(2)41-26(37)42-18)19(12-34-15-31-20-21(30)32-24(29)33-22(20)34)43-23(35)17-10-27(11-17)8-6-5-7-9-27/h1,15,17,19H,5-14H2,2-3H3,(H2,30,32,33)/t19-,28?/m0/s1. The van der Waals surface area contributed by atoms with E-state index in [2.05, 4.69) is 20.9 Å². The number of ether oxygens (including phenoxy) is 4. The molecule has 2 N–H and O–H groups in total. The molecular weight excluding hydrogens is 586 g/mol. The molecule has 0 aromatic carbocycles. The normalized spacial score (nSPS) is 18.4. The fourth-order valence-electron chi connectivity index (χ4n) is 5.94. The summed E-state index contributed by atoms with van der Waals surface area (Å²) in [5, 5.41) is -0.0998. The van der Waals surface area contributed by atoms with Crippen molar-refractivity contribution in [2.45, 2.75) is 76.7 Å². The predicted molar refractivity (Wildman–Crippen MR) is 150 cm³/mol. The van der Waals surface area contributed by atoms with Gasteiger partial charge in [-0.2, -0.15) is 9.97 Å². The van der Waals surface area contributed by atoms with Gasteiger partial charge in [-0.25, -0.2) is 14.6 Å². The average Bonchev–Trinajstić information content (AvgIpc) is 3.52. The summed E-state index contributed by atoms with van der Waals surface area (Å²) in [5.74, 6) is 1.10. The molecule has 0 bridgehead atoms. The first-order valence-electron chi connectivity index (χ1n) is 13.8. The van der Waals surface area contributed by atoms with Gasteiger partial charge in [-0.05, 0) is 49.6 Å². The molecule has 5 rings (SSSR count). The third kappa shape index (κ3) is 6.33. The van der Waals surface area contributed by atoms with E-state index >= 15 is 0 Å². The van der Waals surface area contributed by atoms with Crippen LogP contribution in [-0.4, -0.2) is 57.1 Å². The van der Waals surface area contributed by atoms with Crippen LogP contribution in [0.5, 0.6) is 0 Å². The number of rotatable bonds is 10. The molecule has 1 spiro atoms. The Bertz CT molecular complexity index is 1590. The van der Waals surface area contributed by atoms with Crippen LogP contribution in [0.15, 0.2) is 20.0 Å². The smallest absolute Gasteiger partial charge is 0.456 e. The molecule has 2 aliphatic rings. The highest BCUT2D eigenvalue weighted by atomic mass is 35.5. The number of imidazole rings is 1. The number of nitrogens with zero attached hydrogens (tertiary/aromatic N) is 4. The third-order valence-corrected chi connectivity index (χ3v) is 8.55. The summed E-state index contributed by atoms with van der Waals surface area (Å²) in [6.07, 6.45) is 12.3. The van der Waals surface area contributed by atoms with Gasteiger partial charge in [0.1, 0.15) is 12.1 Å². The summed E-state index contributed by atoms with van der Waals surface area (Å²) >= 11 is 6.04. The van der Waals surface area contributed by atoms with Gasteiger partial charge in [0.2, 0.25) is 10.9 Å². The van der Waals surface area contributed by atoms with Crippen molar-refractivity contribution >= 4 is 40.7 Å². The lowest BCUT2D eigenvalue weighted by Gasteiger charge is -2.49. The van der Waals surface area contributed by atoms with E-state index in [4.69, 9.17) is 51.5 Å². The fraction of sp³-hybridized carbons (Fsp3) is 0.571. The number of fused-ring (bicyclic) bond motifs is 1. The summed E-state index contributed by atoms with van der Waals surface area (Å²) in [5.41, 5.74) is 4.97. The first-order valence-corrected chi connectivity index (χ1v) is 14.2. The summed E-state index contributed by atoms with van der Waals surface area (Å²) in [6.45, 7) is 0.413. The maximum absolute atomic E-state index is 13.5. The SMILES string of the molecule is C#CC(COC(=O)OCc1oc(=O)oc1C)(OC)[C@H](Cn1cnc2c(N)nc(Cl)nc21)OC(=O)C1CC2(CCCCC2)C1. The molecule has 2 fully saturated rings. The number of hydrogen-bond acceptors (Lipinski definition) is 13. The molecule has 15 heteroatoms. The van der Waals surface area contributed by atoms with E-state index in [0.717, 1.165) is 38.5 Å². The van der Waals surface area contributed by atoms with Gasteiger partial charge < -0.3 is 38.1 Å². The Morgan fingerprint density at radius 2 is 2.00 bits per heavy atom. The number of esters is 1. The van der Waals surface area contributed by atoms with Crippen molar-refractivity contribution in [3.63, 3.8) is 0 Å². The second-order valence-electron chi connectivity index (χ2n) is 11.0. The zero-order valence-corrected chi connectivity index (χ0v) is 24.6. The molecule has 1 unspecified atom stereocenters. The summed E-state index contributed by atoms with van der Waals surface area (Å²) in [6, 6.07) is 0. The molecule has 0 radical (unpaired) electrons. The Labute approximate surface area is 251 Å². The van der Waals surface area contributed by atoms with Crippen molar-refractivity contribution in [1.82, 2.24) is 19.5 Å². The molecule has 3 aromatic heterocycles. The number of carbonyl (C=O) groups is 2. The maximum atomic E-state index is 13.5. The van der Waals surface area contributed by atoms with Crippen LogP contribution in [0.1, 0.15) is 56.5 Å². The molecule has 43 heavy (non-hydrogen) atoms. The topological polar surface area (TPSA) is 184 Å². The number of nitrogen functional groups attached to an aromatic ring is 1. The van der Waals surface area contributed by atoms with Gasteiger partial charge in [0.25, 0.3) is 0 Å². The molecule has 2 atom stereocenters. The first kappa shape index (κ1) is 30.4. The van der Waals surface area contributed by atoms with Crippen molar-refractivity contribution in [1.29, 1.82) is 0 Å². The number of carbonyl (C=O) groups excluding carboxylic acids is 2. The highest BCUT2D eigenvalue weighted by Gasteiger charge is 2.50. The minimum atomic E-state index is -1.75. The van der Waals surface area contributed by atoms with Crippen LogP contribution < -0.4 is 11.6 Å². The Hall–Kier alpha value is -4.09. The van der Waals surface area contributed by atoms with E-state index in [0.29, 0.717) is 0 Å². The molecule has 0 saturated heterocycles. The molecule has 230 valence electrons. The highest BCUT2D eigenvalue weighted by molar-refractivity contribution is 6.28. The van der Waals surface area contributed by atoms with E-state index < -0.39 is 42.9 Å². The number of aromatic nitrogens is 4. The number of aryl methyl sites for hydroxylation is 1. The second-order valence-corrected chi connectivity index (χ2v) is 11.4. The molecule has 3 aromatic rings. The van der Waals surface area contributed by atoms with Crippen LogP contribution in [0.3, 0.4) is 0 Å². The number of halogens is 1. The van der Waals surface area contributed by atoms with Gasteiger partial charge >= 0.3 is 17.9 Å². The highest BCUT2D eigenvalue weighted by Crippen LogP contribution is 2.55. The van der Waals surface area contributed by atoms with Crippen molar-refractivity contribution in [2.75, 3.05) is 19.5 Å².